The van der Waals surface area contributed by atoms with E-state index in [1.165, 1.54) is 0 Å². The van der Waals surface area contributed by atoms with Crippen LogP contribution in [0.2, 0.25) is 0 Å². The zero-order chi connectivity index (χ0) is 21.4. The summed E-state index contributed by atoms with van der Waals surface area (Å²) in [7, 11) is 0. The first-order chi connectivity index (χ1) is 15.1. The van der Waals surface area contributed by atoms with Crippen molar-refractivity contribution in [1.29, 1.82) is 0 Å². The van der Waals surface area contributed by atoms with Crippen molar-refractivity contribution in [3.05, 3.63) is 42.7 Å². The van der Waals surface area contributed by atoms with Crippen LogP contribution in [0.3, 0.4) is 0 Å². The summed E-state index contributed by atoms with van der Waals surface area (Å²) in [6.45, 7) is 9.03. The highest BCUT2D eigenvalue weighted by Crippen LogP contribution is 2.34. The smallest absolute Gasteiger partial charge is 0.150 e. The third-order valence-corrected chi connectivity index (χ3v) is 6.06. The number of nitrogens with two attached hydrogens (primary N) is 1. The summed E-state index contributed by atoms with van der Waals surface area (Å²) >= 11 is 0. The number of hydrogen-bond acceptors (Lipinski definition) is 7. The summed E-state index contributed by atoms with van der Waals surface area (Å²) in [6, 6.07) is 6.17. The van der Waals surface area contributed by atoms with Gasteiger partial charge in [0.15, 0.2) is 6.23 Å². The molecule has 0 aliphatic carbocycles. The van der Waals surface area contributed by atoms with Crippen molar-refractivity contribution in [3.8, 4) is 11.4 Å². The van der Waals surface area contributed by atoms with Crippen molar-refractivity contribution >= 4 is 22.4 Å². The van der Waals surface area contributed by atoms with Crippen LogP contribution in [0.15, 0.2) is 37.2 Å². The maximum absolute atomic E-state index is 6.21. The summed E-state index contributed by atoms with van der Waals surface area (Å²) in [5.41, 5.74) is 10.0. The van der Waals surface area contributed by atoms with E-state index in [4.69, 9.17) is 25.2 Å². The molecule has 0 saturated carbocycles. The monoisotopic (exact) mass is 420 g/mol. The van der Waals surface area contributed by atoms with Gasteiger partial charge in [0.1, 0.15) is 17.0 Å². The van der Waals surface area contributed by atoms with Crippen LogP contribution < -0.4 is 10.6 Å². The van der Waals surface area contributed by atoms with Gasteiger partial charge in [0.05, 0.1) is 24.9 Å². The van der Waals surface area contributed by atoms with Gasteiger partial charge < -0.3 is 20.1 Å². The van der Waals surface area contributed by atoms with E-state index in [1.54, 1.807) is 12.4 Å². The molecule has 0 radical (unpaired) electrons. The normalized spacial score (nSPS) is 22.0. The fourth-order valence-corrected chi connectivity index (χ4v) is 4.45. The van der Waals surface area contributed by atoms with E-state index in [2.05, 4.69) is 23.5 Å². The third kappa shape index (κ3) is 3.66. The minimum absolute atomic E-state index is 0.0813. The van der Waals surface area contributed by atoms with Gasteiger partial charge in [-0.05, 0) is 44.4 Å². The van der Waals surface area contributed by atoms with E-state index in [1.807, 2.05) is 22.9 Å². The molecule has 8 heteroatoms. The lowest BCUT2D eigenvalue weighted by Crippen LogP contribution is -2.44. The second-order valence-corrected chi connectivity index (χ2v) is 8.21. The average molecular weight is 421 g/mol. The van der Waals surface area contributed by atoms with Crippen molar-refractivity contribution in [3.63, 3.8) is 0 Å². The Labute approximate surface area is 181 Å². The number of ether oxygens (including phenoxy) is 2. The number of rotatable bonds is 4. The van der Waals surface area contributed by atoms with Crippen LogP contribution in [-0.4, -0.2) is 52.2 Å². The predicted octanol–water partition coefficient (Wildman–Crippen LogP) is 3.35. The molecular formula is C23H28N6O2. The summed E-state index contributed by atoms with van der Waals surface area (Å²) in [5, 5.41) is 5.49. The van der Waals surface area contributed by atoms with Crippen molar-refractivity contribution in [2.45, 2.75) is 38.5 Å². The molecule has 3 aromatic heterocycles. The number of hydrogen-bond donors (Lipinski definition) is 1. The lowest BCUT2D eigenvalue weighted by Gasteiger charge is -2.34. The Bertz CT molecular complexity index is 1100. The number of pyridine rings is 2. The SMILES string of the molecule is C=C(N)c1cc(N2CCOC[C@H]2C)nc2c(-c3ccnn3C3CCCCO3)nccc12. The molecule has 0 aromatic carbocycles. The van der Waals surface area contributed by atoms with Crippen LogP contribution in [0.5, 0.6) is 0 Å². The van der Waals surface area contributed by atoms with Crippen molar-refractivity contribution in [2.75, 3.05) is 31.3 Å². The lowest BCUT2D eigenvalue weighted by molar-refractivity contribution is -0.0383. The van der Waals surface area contributed by atoms with Gasteiger partial charge in [0, 0.05) is 42.2 Å². The zero-order valence-corrected chi connectivity index (χ0v) is 17.8. The van der Waals surface area contributed by atoms with Gasteiger partial charge in [-0.2, -0.15) is 5.10 Å². The fourth-order valence-electron chi connectivity index (χ4n) is 4.45. The molecule has 1 unspecified atom stereocenters. The second kappa shape index (κ2) is 8.28. The van der Waals surface area contributed by atoms with Crippen molar-refractivity contribution < 1.29 is 9.47 Å². The van der Waals surface area contributed by atoms with Crippen LogP contribution >= 0.6 is 0 Å². The summed E-state index contributed by atoms with van der Waals surface area (Å²) in [6.07, 6.45) is 6.66. The maximum atomic E-state index is 6.21. The summed E-state index contributed by atoms with van der Waals surface area (Å²) in [5.74, 6) is 0.860. The first-order valence-corrected chi connectivity index (χ1v) is 10.9. The highest BCUT2D eigenvalue weighted by atomic mass is 16.5. The lowest BCUT2D eigenvalue weighted by atomic mass is 10.0. The topological polar surface area (TPSA) is 91.3 Å². The molecule has 2 fully saturated rings. The van der Waals surface area contributed by atoms with Gasteiger partial charge in [0.2, 0.25) is 0 Å². The molecule has 0 spiro atoms. The third-order valence-electron chi connectivity index (χ3n) is 6.06. The Kier molecular flexibility index (Phi) is 5.33. The summed E-state index contributed by atoms with van der Waals surface area (Å²) < 4.78 is 13.5. The molecule has 8 nitrogen and oxygen atoms in total. The van der Waals surface area contributed by atoms with E-state index in [0.29, 0.717) is 18.9 Å². The maximum Gasteiger partial charge on any atom is 0.150 e. The van der Waals surface area contributed by atoms with E-state index in [-0.39, 0.29) is 12.3 Å². The quantitative estimate of drug-likeness (QED) is 0.692. The molecule has 5 heterocycles. The number of morpholine rings is 1. The highest BCUT2D eigenvalue weighted by molar-refractivity contribution is 5.98. The zero-order valence-electron chi connectivity index (χ0n) is 17.8. The van der Waals surface area contributed by atoms with E-state index in [9.17, 15) is 0 Å². The first kappa shape index (κ1) is 20.0. The number of fused-ring (bicyclic) bond motifs is 1. The van der Waals surface area contributed by atoms with Crippen LogP contribution in [-0.2, 0) is 9.47 Å². The Morgan fingerprint density at radius 2 is 2.13 bits per heavy atom. The molecule has 3 aromatic rings. The van der Waals surface area contributed by atoms with Crippen LogP contribution in [0.4, 0.5) is 5.82 Å². The molecule has 162 valence electrons. The van der Waals surface area contributed by atoms with Gasteiger partial charge in [0.25, 0.3) is 0 Å². The second-order valence-electron chi connectivity index (χ2n) is 8.21. The molecule has 0 bridgehead atoms. The summed E-state index contributed by atoms with van der Waals surface area (Å²) in [4.78, 5) is 12.0. The largest absolute Gasteiger partial charge is 0.399 e. The molecule has 2 saturated heterocycles. The molecule has 0 amide bonds. The van der Waals surface area contributed by atoms with E-state index in [0.717, 1.165) is 66.1 Å². The van der Waals surface area contributed by atoms with Crippen LogP contribution in [0.1, 0.15) is 38.0 Å². The first-order valence-electron chi connectivity index (χ1n) is 10.9. The molecule has 2 aliphatic rings. The van der Waals surface area contributed by atoms with Gasteiger partial charge in [-0.1, -0.05) is 6.58 Å². The minimum Gasteiger partial charge on any atom is -0.399 e. The van der Waals surface area contributed by atoms with Crippen molar-refractivity contribution in [1.82, 2.24) is 19.7 Å². The highest BCUT2D eigenvalue weighted by Gasteiger charge is 2.25. The Hall–Kier alpha value is -2.97. The molecule has 5 rings (SSSR count). The number of nitrogens with zero attached hydrogens (tertiary/aromatic N) is 5. The Balaban J connectivity index is 1.68. The molecule has 2 N–H and O–H groups in total. The Morgan fingerprint density at radius 1 is 1.23 bits per heavy atom. The van der Waals surface area contributed by atoms with E-state index >= 15 is 0 Å². The van der Waals surface area contributed by atoms with Gasteiger partial charge in [-0.15, -0.1) is 0 Å². The van der Waals surface area contributed by atoms with Crippen LogP contribution in [0.25, 0.3) is 28.0 Å². The number of anilines is 1. The van der Waals surface area contributed by atoms with Gasteiger partial charge in [-0.25, -0.2) is 9.67 Å². The molecule has 31 heavy (non-hydrogen) atoms. The average Bonchev–Trinajstić information content (AvgIpc) is 3.28. The van der Waals surface area contributed by atoms with Gasteiger partial charge >= 0.3 is 0 Å². The minimum atomic E-state index is -0.0813. The molecule has 2 aliphatic heterocycles. The standard InChI is InChI=1S/C23H28N6O2/c1-15-14-30-12-10-28(15)20-13-18(16(2)24)17-6-8-25-23(22(17)27-20)19-7-9-26-29(19)21-5-3-4-11-31-21/h6-9,13,15,21H,2-5,10-12,14,24H2,1H3/t15-,21?/m1/s1. The number of aromatic nitrogens is 4. The molecular weight excluding hydrogens is 392 g/mol. The Morgan fingerprint density at radius 3 is 2.90 bits per heavy atom. The molecule has 2 atom stereocenters. The van der Waals surface area contributed by atoms with Crippen LogP contribution in [0, 0.1) is 0 Å². The predicted molar refractivity (Wildman–Crippen MR) is 120 cm³/mol. The van der Waals surface area contributed by atoms with E-state index < -0.39 is 0 Å². The van der Waals surface area contributed by atoms with Crippen molar-refractivity contribution in [2.24, 2.45) is 5.73 Å². The fraction of sp³-hybridized carbons (Fsp3) is 0.435. The van der Waals surface area contributed by atoms with Gasteiger partial charge in [-0.3, -0.25) is 4.98 Å².